The van der Waals surface area contributed by atoms with Crippen molar-refractivity contribution in [2.24, 2.45) is 0 Å². The second kappa shape index (κ2) is 10.8. The number of esters is 1. The van der Waals surface area contributed by atoms with Crippen LogP contribution in [-0.2, 0) is 30.9 Å². The van der Waals surface area contributed by atoms with Crippen LogP contribution in [0.25, 0.3) is 0 Å². The first kappa shape index (κ1) is 25.9. The predicted octanol–water partition coefficient (Wildman–Crippen LogP) is 3.92. The molecule has 0 fully saturated rings. The standard InChI is InChI=1S/C26H25BrN2O6S/c1-18-7-9-19(10-8-18)15-28(36(32,33)21-13-11-20(27)12-14-21)17-25(30)29-16-24(26(31)34-2)35-23-6-4-3-5-22(23)29/h3-14,24H,15-17H2,1-2H3/t24-/m0/s1. The Balaban J connectivity index is 1.68. The Morgan fingerprint density at radius 1 is 1.06 bits per heavy atom. The summed E-state index contributed by atoms with van der Waals surface area (Å²) in [5, 5.41) is 0. The molecule has 1 heterocycles. The zero-order valence-corrected chi connectivity index (χ0v) is 22.2. The van der Waals surface area contributed by atoms with E-state index in [-0.39, 0.29) is 18.0 Å². The van der Waals surface area contributed by atoms with Gasteiger partial charge in [-0.25, -0.2) is 13.2 Å². The van der Waals surface area contributed by atoms with E-state index in [9.17, 15) is 18.0 Å². The van der Waals surface area contributed by atoms with Crippen LogP contribution < -0.4 is 9.64 Å². The Morgan fingerprint density at radius 3 is 2.39 bits per heavy atom. The number of benzene rings is 3. The van der Waals surface area contributed by atoms with Crippen LogP contribution in [0.2, 0.25) is 0 Å². The highest BCUT2D eigenvalue weighted by Crippen LogP contribution is 2.34. The molecular weight excluding hydrogens is 548 g/mol. The maximum absolute atomic E-state index is 13.6. The number of aryl methyl sites for hydroxylation is 1. The number of para-hydroxylation sites is 2. The summed E-state index contributed by atoms with van der Waals surface area (Å²) in [5.74, 6) is -0.776. The monoisotopic (exact) mass is 572 g/mol. The van der Waals surface area contributed by atoms with Crippen molar-refractivity contribution in [3.8, 4) is 5.75 Å². The molecule has 0 bridgehead atoms. The van der Waals surface area contributed by atoms with E-state index in [2.05, 4.69) is 15.9 Å². The first-order valence-electron chi connectivity index (χ1n) is 11.1. The van der Waals surface area contributed by atoms with Crippen molar-refractivity contribution >= 4 is 43.5 Å². The van der Waals surface area contributed by atoms with Crippen LogP contribution in [0.15, 0.2) is 82.2 Å². The van der Waals surface area contributed by atoms with Crippen LogP contribution in [0.3, 0.4) is 0 Å². The van der Waals surface area contributed by atoms with Crippen LogP contribution in [-0.4, -0.2) is 50.9 Å². The number of carbonyl (C=O) groups is 2. The molecule has 0 aliphatic carbocycles. The maximum atomic E-state index is 13.6. The number of nitrogens with zero attached hydrogens (tertiary/aromatic N) is 2. The number of hydrogen-bond donors (Lipinski definition) is 0. The molecule has 36 heavy (non-hydrogen) atoms. The first-order valence-corrected chi connectivity index (χ1v) is 13.4. The van der Waals surface area contributed by atoms with Crippen LogP contribution in [0, 0.1) is 6.92 Å². The third kappa shape index (κ3) is 5.61. The molecule has 0 spiro atoms. The van der Waals surface area contributed by atoms with E-state index in [0.717, 1.165) is 19.9 Å². The molecule has 1 amide bonds. The summed E-state index contributed by atoms with van der Waals surface area (Å²) in [7, 11) is -2.79. The average Bonchev–Trinajstić information content (AvgIpc) is 2.88. The number of ether oxygens (including phenoxy) is 2. The maximum Gasteiger partial charge on any atom is 0.348 e. The summed E-state index contributed by atoms with van der Waals surface area (Å²) in [5.41, 5.74) is 2.23. The fourth-order valence-electron chi connectivity index (χ4n) is 3.84. The van der Waals surface area contributed by atoms with E-state index < -0.39 is 34.5 Å². The number of carbonyl (C=O) groups excluding carboxylic acids is 2. The minimum Gasteiger partial charge on any atom is -0.475 e. The third-order valence-electron chi connectivity index (χ3n) is 5.78. The van der Waals surface area contributed by atoms with Gasteiger partial charge in [-0.1, -0.05) is 57.9 Å². The van der Waals surface area contributed by atoms with Crippen LogP contribution >= 0.6 is 15.9 Å². The highest BCUT2D eigenvalue weighted by Gasteiger charge is 2.36. The Bertz CT molecular complexity index is 1360. The van der Waals surface area contributed by atoms with Crippen molar-refractivity contribution in [3.63, 3.8) is 0 Å². The lowest BCUT2D eigenvalue weighted by Crippen LogP contribution is -2.50. The van der Waals surface area contributed by atoms with Gasteiger partial charge in [0, 0.05) is 11.0 Å². The number of rotatable bonds is 7. The summed E-state index contributed by atoms with van der Waals surface area (Å²) >= 11 is 3.32. The lowest BCUT2D eigenvalue weighted by atomic mass is 10.1. The van der Waals surface area contributed by atoms with E-state index in [4.69, 9.17) is 9.47 Å². The normalized spacial score (nSPS) is 15.2. The zero-order valence-electron chi connectivity index (χ0n) is 19.8. The molecule has 0 saturated carbocycles. The second-order valence-electron chi connectivity index (χ2n) is 8.31. The van der Waals surface area contributed by atoms with Gasteiger partial charge in [-0.2, -0.15) is 4.31 Å². The van der Waals surface area contributed by atoms with Gasteiger partial charge in [-0.05, 0) is 48.9 Å². The fourth-order valence-corrected chi connectivity index (χ4v) is 5.48. The molecule has 1 aliphatic heterocycles. The fraction of sp³-hybridized carbons (Fsp3) is 0.231. The number of hydrogen-bond acceptors (Lipinski definition) is 6. The SMILES string of the molecule is COC(=O)[C@@H]1CN(C(=O)CN(Cc2ccc(C)cc2)S(=O)(=O)c2ccc(Br)cc2)c2ccccc2O1. The van der Waals surface area contributed by atoms with Crippen LogP contribution in [0.5, 0.6) is 5.75 Å². The molecule has 0 saturated heterocycles. The Hall–Kier alpha value is -3.21. The van der Waals surface area contributed by atoms with Gasteiger partial charge in [-0.15, -0.1) is 0 Å². The smallest absolute Gasteiger partial charge is 0.348 e. The van der Waals surface area contributed by atoms with Crippen molar-refractivity contribution in [1.29, 1.82) is 0 Å². The molecule has 4 rings (SSSR count). The summed E-state index contributed by atoms with van der Waals surface area (Å²) in [6, 6.07) is 20.5. The van der Waals surface area contributed by atoms with Crippen LogP contribution in [0.1, 0.15) is 11.1 Å². The van der Waals surface area contributed by atoms with E-state index in [1.165, 1.54) is 24.1 Å². The van der Waals surface area contributed by atoms with Crippen molar-refractivity contribution in [2.45, 2.75) is 24.5 Å². The molecule has 8 nitrogen and oxygen atoms in total. The Labute approximate surface area is 218 Å². The highest BCUT2D eigenvalue weighted by molar-refractivity contribution is 9.10. The summed E-state index contributed by atoms with van der Waals surface area (Å²) in [6.45, 7) is 1.40. The molecule has 10 heteroatoms. The highest BCUT2D eigenvalue weighted by atomic mass is 79.9. The lowest BCUT2D eigenvalue weighted by molar-refractivity contribution is -0.148. The summed E-state index contributed by atoms with van der Waals surface area (Å²) in [4.78, 5) is 27.3. The molecule has 3 aromatic carbocycles. The van der Waals surface area contributed by atoms with Gasteiger partial charge < -0.3 is 14.4 Å². The second-order valence-corrected chi connectivity index (χ2v) is 11.2. The molecule has 3 aromatic rings. The molecule has 0 aromatic heterocycles. The molecule has 1 aliphatic rings. The van der Waals surface area contributed by atoms with Gasteiger partial charge in [-0.3, -0.25) is 4.79 Å². The van der Waals surface area contributed by atoms with Crippen molar-refractivity contribution in [3.05, 3.63) is 88.4 Å². The lowest BCUT2D eigenvalue weighted by Gasteiger charge is -2.34. The number of amides is 1. The number of halogens is 1. The molecule has 1 atom stereocenters. The minimum absolute atomic E-state index is 0.00314. The number of anilines is 1. The molecular formula is C26H25BrN2O6S. The van der Waals surface area contributed by atoms with E-state index >= 15 is 0 Å². The van der Waals surface area contributed by atoms with E-state index in [1.54, 1.807) is 36.4 Å². The van der Waals surface area contributed by atoms with Gasteiger partial charge >= 0.3 is 5.97 Å². The summed E-state index contributed by atoms with van der Waals surface area (Å²) in [6.07, 6.45) is -1.03. The third-order valence-corrected chi connectivity index (χ3v) is 8.12. The van der Waals surface area contributed by atoms with Gasteiger partial charge in [0.1, 0.15) is 5.75 Å². The first-order chi connectivity index (χ1) is 17.2. The topological polar surface area (TPSA) is 93.2 Å². The number of methoxy groups -OCH3 is 1. The van der Waals surface area contributed by atoms with Crippen molar-refractivity contribution in [1.82, 2.24) is 4.31 Å². The average molecular weight is 573 g/mol. The van der Waals surface area contributed by atoms with Crippen molar-refractivity contribution in [2.75, 3.05) is 25.1 Å². The number of fused-ring (bicyclic) bond motifs is 1. The largest absolute Gasteiger partial charge is 0.475 e. The van der Waals surface area contributed by atoms with Crippen molar-refractivity contribution < 1.29 is 27.5 Å². The molecule has 0 N–H and O–H groups in total. The van der Waals surface area contributed by atoms with Crippen LogP contribution in [0.4, 0.5) is 5.69 Å². The van der Waals surface area contributed by atoms with Gasteiger partial charge in [0.25, 0.3) is 0 Å². The molecule has 0 radical (unpaired) electrons. The Morgan fingerprint density at radius 2 is 1.72 bits per heavy atom. The molecule has 188 valence electrons. The molecule has 0 unspecified atom stereocenters. The summed E-state index contributed by atoms with van der Waals surface area (Å²) < 4.78 is 39.7. The van der Waals surface area contributed by atoms with Gasteiger partial charge in [0.05, 0.1) is 30.8 Å². The zero-order chi connectivity index (χ0) is 25.9. The van der Waals surface area contributed by atoms with Gasteiger partial charge in [0.2, 0.25) is 22.0 Å². The quantitative estimate of drug-likeness (QED) is 0.398. The van der Waals surface area contributed by atoms with E-state index in [1.807, 2.05) is 31.2 Å². The Kier molecular flexibility index (Phi) is 7.77. The number of sulfonamides is 1. The minimum atomic E-state index is -4.03. The van der Waals surface area contributed by atoms with E-state index in [0.29, 0.717) is 11.4 Å². The predicted molar refractivity (Wildman–Crippen MR) is 138 cm³/mol. The van der Waals surface area contributed by atoms with Gasteiger partial charge in [0.15, 0.2) is 0 Å².